The van der Waals surface area contributed by atoms with E-state index in [1.165, 1.54) is 11.8 Å². The van der Waals surface area contributed by atoms with Crippen LogP contribution in [0.25, 0.3) is 0 Å². The highest BCUT2D eigenvalue weighted by molar-refractivity contribution is 8.00. The van der Waals surface area contributed by atoms with Crippen LogP contribution < -0.4 is 0 Å². The van der Waals surface area contributed by atoms with Crippen molar-refractivity contribution in [2.75, 3.05) is 19.7 Å². The average molecular weight is 404 g/mol. The molecule has 1 aromatic carbocycles. The normalized spacial score (nSPS) is 16.0. The van der Waals surface area contributed by atoms with Crippen LogP contribution in [-0.4, -0.2) is 61.9 Å². The van der Waals surface area contributed by atoms with E-state index in [4.69, 9.17) is 4.74 Å². The molecule has 8 nitrogen and oxygen atoms in total. The van der Waals surface area contributed by atoms with Gasteiger partial charge in [-0.1, -0.05) is 42.1 Å². The van der Waals surface area contributed by atoms with Gasteiger partial charge in [-0.05, 0) is 42.7 Å². The molecule has 0 aliphatic carbocycles. The fourth-order valence-corrected chi connectivity index (χ4v) is 4.07. The van der Waals surface area contributed by atoms with Gasteiger partial charge in [0.2, 0.25) is 11.1 Å². The minimum absolute atomic E-state index is 0.0431. The Hall–Kier alpha value is -2.42. The van der Waals surface area contributed by atoms with Gasteiger partial charge in [-0.3, -0.25) is 9.59 Å². The Balaban J connectivity index is 1.54. The van der Waals surface area contributed by atoms with Crippen LogP contribution in [0.5, 0.6) is 0 Å². The molecule has 28 heavy (non-hydrogen) atoms. The van der Waals surface area contributed by atoms with E-state index in [0.717, 1.165) is 5.56 Å². The van der Waals surface area contributed by atoms with Gasteiger partial charge >= 0.3 is 5.97 Å². The second-order valence-electron chi connectivity index (χ2n) is 6.72. The van der Waals surface area contributed by atoms with E-state index in [-0.39, 0.29) is 23.0 Å². The average Bonchev–Trinajstić information content (AvgIpc) is 3.15. The van der Waals surface area contributed by atoms with Crippen LogP contribution in [0.1, 0.15) is 32.3 Å². The Morgan fingerprint density at radius 1 is 1.25 bits per heavy atom. The predicted octanol–water partition coefficient (Wildman–Crippen LogP) is 2.00. The zero-order valence-electron chi connectivity index (χ0n) is 16.2. The molecule has 150 valence electrons. The Labute approximate surface area is 168 Å². The Kier molecular flexibility index (Phi) is 7.02. The number of hydrogen-bond acceptors (Lipinski definition) is 7. The van der Waals surface area contributed by atoms with E-state index in [9.17, 15) is 9.59 Å². The summed E-state index contributed by atoms with van der Waals surface area (Å²) in [5.41, 5.74) is 1.09. The number of benzene rings is 1. The highest BCUT2D eigenvalue weighted by Crippen LogP contribution is 2.25. The molecular weight excluding hydrogens is 378 g/mol. The number of amides is 1. The highest BCUT2D eigenvalue weighted by Gasteiger charge is 2.31. The molecular formula is C19H25N5O3S. The van der Waals surface area contributed by atoms with Gasteiger partial charge in [0.25, 0.3) is 0 Å². The summed E-state index contributed by atoms with van der Waals surface area (Å²) in [5.74, 6) is -0.219. The lowest BCUT2D eigenvalue weighted by Gasteiger charge is -2.32. The SMILES string of the molecule is CCOC(=O)C1CCN(C(=O)[C@@H](C)Sc2nnnn2Cc2ccccc2)CC1. The molecule has 0 radical (unpaired) electrons. The Bertz CT molecular complexity index is 790. The lowest BCUT2D eigenvalue weighted by molar-refractivity contribution is -0.151. The van der Waals surface area contributed by atoms with Gasteiger partial charge in [0.15, 0.2) is 0 Å². The molecule has 1 amide bonds. The third-order valence-corrected chi connectivity index (χ3v) is 5.79. The standard InChI is InChI=1S/C19H25N5O3S/c1-3-27-18(26)16-9-11-23(12-10-16)17(25)14(2)28-19-20-21-22-24(19)13-15-7-5-4-6-8-15/h4-8,14,16H,3,9-13H2,1-2H3/t14-/m1/s1. The van der Waals surface area contributed by atoms with E-state index in [1.807, 2.05) is 42.2 Å². The molecule has 0 N–H and O–H groups in total. The molecule has 0 unspecified atom stereocenters. The summed E-state index contributed by atoms with van der Waals surface area (Å²) >= 11 is 1.36. The van der Waals surface area contributed by atoms with Crippen molar-refractivity contribution in [1.82, 2.24) is 25.1 Å². The first-order valence-corrected chi connectivity index (χ1v) is 10.4. The van der Waals surface area contributed by atoms with Gasteiger partial charge in [0.1, 0.15) is 0 Å². The predicted molar refractivity (Wildman–Crippen MR) is 105 cm³/mol. The molecule has 9 heteroatoms. The van der Waals surface area contributed by atoms with Crippen molar-refractivity contribution in [2.24, 2.45) is 5.92 Å². The second-order valence-corrected chi connectivity index (χ2v) is 8.02. The summed E-state index contributed by atoms with van der Waals surface area (Å²) in [6.45, 7) is 5.77. The molecule has 0 spiro atoms. The maximum Gasteiger partial charge on any atom is 0.309 e. The fraction of sp³-hybridized carbons (Fsp3) is 0.526. The number of aromatic nitrogens is 4. The van der Waals surface area contributed by atoms with Crippen molar-refractivity contribution in [3.63, 3.8) is 0 Å². The van der Waals surface area contributed by atoms with Crippen LogP contribution in [-0.2, 0) is 20.9 Å². The topological polar surface area (TPSA) is 90.2 Å². The lowest BCUT2D eigenvalue weighted by atomic mass is 9.97. The number of carbonyl (C=O) groups is 2. The molecule has 2 aromatic rings. The van der Waals surface area contributed by atoms with Gasteiger partial charge < -0.3 is 9.64 Å². The molecule has 1 aliphatic heterocycles. The number of tetrazole rings is 1. The van der Waals surface area contributed by atoms with Crippen LogP contribution >= 0.6 is 11.8 Å². The van der Waals surface area contributed by atoms with Gasteiger partial charge in [-0.2, -0.15) is 0 Å². The summed E-state index contributed by atoms with van der Waals surface area (Å²) in [7, 11) is 0. The van der Waals surface area contributed by atoms with Crippen molar-refractivity contribution in [2.45, 2.75) is 43.6 Å². The largest absolute Gasteiger partial charge is 0.466 e. The van der Waals surface area contributed by atoms with Crippen molar-refractivity contribution in [3.8, 4) is 0 Å². The first kappa shape index (κ1) is 20.3. The van der Waals surface area contributed by atoms with E-state index in [1.54, 1.807) is 11.6 Å². The fourth-order valence-electron chi connectivity index (χ4n) is 3.20. The summed E-state index contributed by atoms with van der Waals surface area (Å²) < 4.78 is 6.79. The summed E-state index contributed by atoms with van der Waals surface area (Å²) in [6, 6.07) is 9.93. The zero-order valence-corrected chi connectivity index (χ0v) is 17.0. The van der Waals surface area contributed by atoms with Gasteiger partial charge in [0.05, 0.1) is 24.3 Å². The molecule has 1 atom stereocenters. The van der Waals surface area contributed by atoms with Gasteiger partial charge in [-0.25, -0.2) is 4.68 Å². The molecule has 0 saturated carbocycles. The number of hydrogen-bond donors (Lipinski definition) is 0. The molecule has 1 fully saturated rings. The van der Waals surface area contributed by atoms with Crippen molar-refractivity contribution in [1.29, 1.82) is 0 Å². The van der Waals surface area contributed by atoms with Gasteiger partial charge in [-0.15, -0.1) is 5.10 Å². The third kappa shape index (κ3) is 5.09. The van der Waals surface area contributed by atoms with Crippen molar-refractivity contribution < 1.29 is 14.3 Å². The van der Waals surface area contributed by atoms with Crippen LogP contribution in [0.2, 0.25) is 0 Å². The number of esters is 1. The molecule has 1 aromatic heterocycles. The number of carbonyl (C=O) groups excluding carboxylic acids is 2. The summed E-state index contributed by atoms with van der Waals surface area (Å²) in [6.07, 6.45) is 1.29. The highest BCUT2D eigenvalue weighted by atomic mass is 32.2. The minimum atomic E-state index is -0.306. The Morgan fingerprint density at radius 2 is 1.96 bits per heavy atom. The summed E-state index contributed by atoms with van der Waals surface area (Å²) in [5, 5.41) is 12.2. The maximum atomic E-state index is 12.8. The Morgan fingerprint density at radius 3 is 2.64 bits per heavy atom. The maximum absolute atomic E-state index is 12.8. The third-order valence-electron chi connectivity index (χ3n) is 4.73. The van der Waals surface area contributed by atoms with E-state index in [2.05, 4.69) is 15.5 Å². The number of ether oxygens (including phenoxy) is 1. The van der Waals surface area contributed by atoms with Crippen molar-refractivity contribution >= 4 is 23.6 Å². The number of nitrogens with zero attached hydrogens (tertiary/aromatic N) is 5. The zero-order chi connectivity index (χ0) is 19.9. The quantitative estimate of drug-likeness (QED) is 0.516. The first-order chi connectivity index (χ1) is 13.6. The van der Waals surface area contributed by atoms with E-state index >= 15 is 0 Å². The number of likely N-dealkylation sites (tertiary alicyclic amines) is 1. The van der Waals surface area contributed by atoms with Crippen LogP contribution in [0, 0.1) is 5.92 Å². The minimum Gasteiger partial charge on any atom is -0.466 e. The van der Waals surface area contributed by atoms with Crippen LogP contribution in [0.3, 0.4) is 0 Å². The molecule has 1 saturated heterocycles. The number of thioether (sulfide) groups is 1. The van der Waals surface area contributed by atoms with E-state index in [0.29, 0.717) is 44.2 Å². The van der Waals surface area contributed by atoms with Crippen LogP contribution in [0.4, 0.5) is 0 Å². The number of piperidine rings is 1. The molecule has 0 bridgehead atoms. The van der Waals surface area contributed by atoms with Crippen molar-refractivity contribution in [3.05, 3.63) is 35.9 Å². The second kappa shape index (κ2) is 9.68. The first-order valence-electron chi connectivity index (χ1n) is 9.50. The molecule has 3 rings (SSSR count). The molecule has 1 aliphatic rings. The smallest absolute Gasteiger partial charge is 0.309 e. The number of rotatable bonds is 7. The van der Waals surface area contributed by atoms with E-state index < -0.39 is 0 Å². The monoisotopic (exact) mass is 403 g/mol. The van der Waals surface area contributed by atoms with Gasteiger partial charge in [0, 0.05) is 13.1 Å². The lowest BCUT2D eigenvalue weighted by Crippen LogP contribution is -2.43. The van der Waals surface area contributed by atoms with Crippen LogP contribution in [0.15, 0.2) is 35.5 Å². The summed E-state index contributed by atoms with van der Waals surface area (Å²) in [4.78, 5) is 26.5. The molecule has 2 heterocycles.